The molecule has 0 unspecified atom stereocenters. The first kappa shape index (κ1) is 10.4. The van der Waals surface area contributed by atoms with Crippen LogP contribution in [0, 0.1) is 11.3 Å². The highest BCUT2D eigenvalue weighted by Gasteiger charge is 2.13. The lowest BCUT2D eigenvalue weighted by molar-refractivity contribution is 0.368. The van der Waals surface area contributed by atoms with E-state index in [0.717, 1.165) is 0 Å². The molecule has 4 nitrogen and oxygen atoms in total. The van der Waals surface area contributed by atoms with Crippen molar-refractivity contribution in [1.29, 1.82) is 5.26 Å². The number of hydrogen-bond donors (Lipinski definition) is 2. The molecule has 74 valence electrons. The van der Waals surface area contributed by atoms with Crippen LogP contribution in [0.4, 0.5) is 0 Å². The molecule has 0 aliphatic heterocycles. The van der Waals surface area contributed by atoms with Gasteiger partial charge in [0.1, 0.15) is 0 Å². The van der Waals surface area contributed by atoms with E-state index in [1.807, 2.05) is 6.07 Å². The number of phenolic OH excluding ortho intramolecular Hbond substituents is 1. The summed E-state index contributed by atoms with van der Waals surface area (Å²) in [6.45, 7) is 0. The Balaban J connectivity index is 3.04. The van der Waals surface area contributed by atoms with Gasteiger partial charge in [-0.25, -0.2) is 0 Å². The number of benzene rings is 1. The minimum Gasteiger partial charge on any atom is -0.504 e. The first-order chi connectivity index (χ1) is 6.70. The Labute approximate surface area is 82.5 Å². The largest absolute Gasteiger partial charge is 0.504 e. The Bertz CT molecular complexity index is 358. The SMILES string of the molecule is COc1cccc([C@@H](N)CC#N)c1O. The fraction of sp³-hybridized carbons (Fsp3) is 0.300. The maximum absolute atomic E-state index is 9.67. The number of para-hydroxylation sites is 1. The number of aromatic hydroxyl groups is 1. The van der Waals surface area contributed by atoms with Crippen LogP contribution < -0.4 is 10.5 Å². The molecule has 0 saturated heterocycles. The maximum Gasteiger partial charge on any atom is 0.162 e. The minimum absolute atomic E-state index is 0.0118. The Morgan fingerprint density at radius 2 is 2.36 bits per heavy atom. The number of hydrogen-bond acceptors (Lipinski definition) is 4. The van der Waals surface area contributed by atoms with E-state index in [1.54, 1.807) is 18.2 Å². The monoisotopic (exact) mass is 192 g/mol. The van der Waals surface area contributed by atoms with Gasteiger partial charge in [0, 0.05) is 11.6 Å². The summed E-state index contributed by atoms with van der Waals surface area (Å²) in [7, 11) is 1.47. The summed E-state index contributed by atoms with van der Waals surface area (Å²) in [5.41, 5.74) is 6.23. The summed E-state index contributed by atoms with van der Waals surface area (Å²) in [6, 6.07) is 6.52. The number of phenols is 1. The molecule has 0 radical (unpaired) electrons. The molecule has 0 aliphatic carbocycles. The molecular weight excluding hydrogens is 180 g/mol. The van der Waals surface area contributed by atoms with E-state index in [2.05, 4.69) is 0 Å². The molecule has 0 fully saturated rings. The second-order valence-corrected chi connectivity index (χ2v) is 2.87. The molecule has 3 N–H and O–H groups in total. The molecule has 1 aromatic rings. The van der Waals surface area contributed by atoms with Crippen molar-refractivity contribution in [2.45, 2.75) is 12.5 Å². The van der Waals surface area contributed by atoms with Gasteiger partial charge >= 0.3 is 0 Å². The molecule has 14 heavy (non-hydrogen) atoms. The van der Waals surface area contributed by atoms with Gasteiger partial charge in [0.25, 0.3) is 0 Å². The van der Waals surface area contributed by atoms with E-state index >= 15 is 0 Å². The summed E-state index contributed by atoms with van der Waals surface area (Å²) in [5, 5.41) is 18.1. The molecule has 1 aromatic carbocycles. The number of rotatable bonds is 3. The molecule has 0 bridgehead atoms. The van der Waals surface area contributed by atoms with E-state index in [1.165, 1.54) is 7.11 Å². The van der Waals surface area contributed by atoms with Crippen LogP contribution in [-0.2, 0) is 0 Å². The molecule has 0 aromatic heterocycles. The zero-order valence-corrected chi connectivity index (χ0v) is 7.90. The van der Waals surface area contributed by atoms with Crippen LogP contribution >= 0.6 is 0 Å². The van der Waals surface area contributed by atoms with Gasteiger partial charge in [0.15, 0.2) is 11.5 Å². The van der Waals surface area contributed by atoms with E-state index in [0.29, 0.717) is 11.3 Å². The van der Waals surface area contributed by atoms with Crippen molar-refractivity contribution in [2.75, 3.05) is 7.11 Å². The first-order valence-corrected chi connectivity index (χ1v) is 4.19. The fourth-order valence-corrected chi connectivity index (χ4v) is 1.21. The summed E-state index contributed by atoms with van der Waals surface area (Å²) in [6.07, 6.45) is 0.167. The average molecular weight is 192 g/mol. The van der Waals surface area contributed by atoms with E-state index in [-0.39, 0.29) is 12.2 Å². The topological polar surface area (TPSA) is 79.3 Å². The van der Waals surface area contributed by atoms with Gasteiger partial charge in [-0.1, -0.05) is 12.1 Å². The van der Waals surface area contributed by atoms with Gasteiger partial charge in [-0.05, 0) is 6.07 Å². The number of nitrogens with zero attached hydrogens (tertiary/aromatic N) is 1. The summed E-state index contributed by atoms with van der Waals surface area (Å²) < 4.78 is 4.93. The molecule has 0 saturated carbocycles. The standard InChI is InChI=1S/C10H12N2O2/c1-14-9-4-2-3-7(10(9)13)8(12)5-6-11/h2-4,8,13H,5,12H2,1H3/t8-/m0/s1. The van der Waals surface area contributed by atoms with Crippen LogP contribution in [0.3, 0.4) is 0 Å². The van der Waals surface area contributed by atoms with Crippen molar-refractivity contribution in [3.05, 3.63) is 23.8 Å². The third kappa shape index (κ3) is 1.95. The number of nitrogens with two attached hydrogens (primary N) is 1. The lowest BCUT2D eigenvalue weighted by Crippen LogP contribution is -2.09. The first-order valence-electron chi connectivity index (χ1n) is 4.19. The smallest absolute Gasteiger partial charge is 0.162 e. The fourth-order valence-electron chi connectivity index (χ4n) is 1.21. The number of nitriles is 1. The highest BCUT2D eigenvalue weighted by atomic mass is 16.5. The summed E-state index contributed by atoms with van der Waals surface area (Å²) >= 11 is 0. The molecule has 0 heterocycles. The van der Waals surface area contributed by atoms with Gasteiger partial charge in [0.2, 0.25) is 0 Å². The quantitative estimate of drug-likeness (QED) is 0.756. The Morgan fingerprint density at radius 3 is 2.93 bits per heavy atom. The van der Waals surface area contributed by atoms with Crippen LogP contribution in [0.2, 0.25) is 0 Å². The Hall–Kier alpha value is -1.73. The van der Waals surface area contributed by atoms with Crippen LogP contribution in [0.25, 0.3) is 0 Å². The highest BCUT2D eigenvalue weighted by molar-refractivity contribution is 5.46. The van der Waals surface area contributed by atoms with Gasteiger partial charge in [-0.3, -0.25) is 0 Å². The second-order valence-electron chi connectivity index (χ2n) is 2.87. The summed E-state index contributed by atoms with van der Waals surface area (Å²) in [4.78, 5) is 0. The lowest BCUT2D eigenvalue weighted by atomic mass is 10.0. The lowest BCUT2D eigenvalue weighted by Gasteiger charge is -2.12. The molecule has 0 spiro atoms. The summed E-state index contributed by atoms with van der Waals surface area (Å²) in [5.74, 6) is 0.383. The molecule has 0 amide bonds. The van der Waals surface area contributed by atoms with Gasteiger partial charge in [-0.15, -0.1) is 0 Å². The van der Waals surface area contributed by atoms with Crippen molar-refractivity contribution in [3.63, 3.8) is 0 Å². The molecule has 1 atom stereocenters. The van der Waals surface area contributed by atoms with Crippen LogP contribution in [0.1, 0.15) is 18.0 Å². The van der Waals surface area contributed by atoms with Crippen molar-refractivity contribution in [1.82, 2.24) is 0 Å². The van der Waals surface area contributed by atoms with Crippen LogP contribution in [0.15, 0.2) is 18.2 Å². The molecule has 4 heteroatoms. The van der Waals surface area contributed by atoms with E-state index in [4.69, 9.17) is 15.7 Å². The normalized spacial score (nSPS) is 11.8. The maximum atomic E-state index is 9.67. The van der Waals surface area contributed by atoms with Crippen molar-refractivity contribution >= 4 is 0 Å². The average Bonchev–Trinajstić information content (AvgIpc) is 2.18. The highest BCUT2D eigenvalue weighted by Crippen LogP contribution is 2.33. The van der Waals surface area contributed by atoms with Crippen molar-refractivity contribution in [2.24, 2.45) is 5.73 Å². The molecule has 0 aliphatic rings. The molecule has 1 rings (SSSR count). The minimum atomic E-state index is -0.477. The Kier molecular flexibility index (Phi) is 3.32. The zero-order chi connectivity index (χ0) is 10.6. The third-order valence-electron chi connectivity index (χ3n) is 1.96. The van der Waals surface area contributed by atoms with E-state index < -0.39 is 6.04 Å². The van der Waals surface area contributed by atoms with Crippen molar-refractivity contribution in [3.8, 4) is 17.6 Å². The van der Waals surface area contributed by atoms with E-state index in [9.17, 15) is 5.11 Å². The zero-order valence-electron chi connectivity index (χ0n) is 7.90. The van der Waals surface area contributed by atoms with Gasteiger partial charge in [0.05, 0.1) is 19.6 Å². The number of methoxy groups -OCH3 is 1. The molecular formula is C10H12N2O2. The Morgan fingerprint density at radius 1 is 1.64 bits per heavy atom. The predicted octanol–water partition coefficient (Wildman–Crippen LogP) is 1.31. The van der Waals surface area contributed by atoms with Gasteiger partial charge < -0.3 is 15.6 Å². The third-order valence-corrected chi connectivity index (χ3v) is 1.96. The van der Waals surface area contributed by atoms with Gasteiger partial charge in [-0.2, -0.15) is 5.26 Å². The van der Waals surface area contributed by atoms with Crippen LogP contribution in [-0.4, -0.2) is 12.2 Å². The predicted molar refractivity (Wildman–Crippen MR) is 51.8 cm³/mol. The van der Waals surface area contributed by atoms with Crippen LogP contribution in [0.5, 0.6) is 11.5 Å². The van der Waals surface area contributed by atoms with Crippen molar-refractivity contribution < 1.29 is 9.84 Å². The number of ether oxygens (including phenoxy) is 1. The second kappa shape index (κ2) is 4.49.